The second-order valence-electron chi connectivity index (χ2n) is 6.89. The van der Waals surface area contributed by atoms with Crippen LogP contribution in [-0.2, 0) is 6.54 Å². The van der Waals surface area contributed by atoms with Gasteiger partial charge in [0.2, 0.25) is 0 Å². The zero-order valence-electron chi connectivity index (χ0n) is 13.9. The van der Waals surface area contributed by atoms with Crippen LogP contribution in [0.2, 0.25) is 0 Å². The molecule has 0 spiro atoms. The summed E-state index contributed by atoms with van der Waals surface area (Å²) in [5.74, 6) is 1.10. The van der Waals surface area contributed by atoms with Crippen molar-refractivity contribution in [3.8, 4) is 0 Å². The molecule has 2 fully saturated rings. The van der Waals surface area contributed by atoms with Crippen LogP contribution in [0.4, 0.5) is 4.79 Å². The molecular formula is C17H28N4O2. The molecule has 2 heterocycles. The monoisotopic (exact) mass is 320 g/mol. The van der Waals surface area contributed by atoms with E-state index in [0.717, 1.165) is 25.9 Å². The van der Waals surface area contributed by atoms with Gasteiger partial charge in [0.1, 0.15) is 0 Å². The number of carbonyl (C=O) groups excluding carboxylic acids is 1. The maximum atomic E-state index is 12.4. The first-order valence-electron chi connectivity index (χ1n) is 8.87. The van der Waals surface area contributed by atoms with Gasteiger partial charge in [0.25, 0.3) is 0 Å². The number of aromatic nitrogens is 2. The molecule has 2 N–H and O–H groups in total. The highest BCUT2D eigenvalue weighted by Crippen LogP contribution is 2.30. The summed E-state index contributed by atoms with van der Waals surface area (Å²) >= 11 is 0. The fourth-order valence-corrected chi connectivity index (χ4v) is 3.69. The van der Waals surface area contributed by atoms with Crippen LogP contribution in [0.5, 0.6) is 0 Å². The molecule has 2 amide bonds. The van der Waals surface area contributed by atoms with E-state index in [1.54, 1.807) is 6.20 Å². The van der Waals surface area contributed by atoms with E-state index >= 15 is 0 Å². The fraction of sp³-hybridized carbons (Fsp3) is 0.765. The Kier molecular flexibility index (Phi) is 5.20. The molecule has 1 unspecified atom stereocenters. The first-order valence-corrected chi connectivity index (χ1v) is 8.87. The van der Waals surface area contributed by atoms with E-state index < -0.39 is 0 Å². The molecule has 1 aromatic rings. The van der Waals surface area contributed by atoms with Crippen molar-refractivity contribution < 1.29 is 9.90 Å². The Balaban J connectivity index is 1.49. The Hall–Kier alpha value is -1.56. The van der Waals surface area contributed by atoms with Crippen LogP contribution in [0, 0.1) is 5.92 Å². The second kappa shape index (κ2) is 7.34. The zero-order valence-corrected chi connectivity index (χ0v) is 13.9. The lowest BCUT2D eigenvalue weighted by atomic mass is 9.80. The van der Waals surface area contributed by atoms with Crippen molar-refractivity contribution in [3.63, 3.8) is 0 Å². The number of piperidine rings is 1. The van der Waals surface area contributed by atoms with Crippen molar-refractivity contribution in [3.05, 3.63) is 18.0 Å². The number of nitrogens with zero attached hydrogens (tertiary/aromatic N) is 3. The fourth-order valence-electron chi connectivity index (χ4n) is 3.69. The van der Waals surface area contributed by atoms with Crippen molar-refractivity contribution in [1.29, 1.82) is 0 Å². The number of aliphatic hydroxyl groups is 1. The highest BCUT2D eigenvalue weighted by Gasteiger charge is 2.29. The molecule has 6 heteroatoms. The van der Waals surface area contributed by atoms with Crippen LogP contribution >= 0.6 is 0 Å². The number of carbonyl (C=O) groups is 1. The van der Waals surface area contributed by atoms with Crippen LogP contribution in [0.3, 0.4) is 0 Å². The van der Waals surface area contributed by atoms with E-state index in [0.29, 0.717) is 24.4 Å². The summed E-state index contributed by atoms with van der Waals surface area (Å²) in [7, 11) is 0. The molecule has 128 valence electrons. The van der Waals surface area contributed by atoms with Gasteiger partial charge < -0.3 is 15.3 Å². The van der Waals surface area contributed by atoms with Crippen LogP contribution in [-0.4, -0.2) is 51.6 Å². The van der Waals surface area contributed by atoms with E-state index in [4.69, 9.17) is 5.11 Å². The van der Waals surface area contributed by atoms with Crippen molar-refractivity contribution >= 4 is 6.03 Å². The molecular weight excluding hydrogens is 292 g/mol. The van der Waals surface area contributed by atoms with Crippen molar-refractivity contribution in [2.24, 2.45) is 5.92 Å². The molecule has 0 radical (unpaired) electrons. The summed E-state index contributed by atoms with van der Waals surface area (Å²) in [6.07, 6.45) is 7.52. The Morgan fingerprint density at radius 3 is 2.74 bits per heavy atom. The van der Waals surface area contributed by atoms with E-state index in [1.807, 2.05) is 15.6 Å². The van der Waals surface area contributed by atoms with E-state index in [2.05, 4.69) is 17.3 Å². The highest BCUT2D eigenvalue weighted by atomic mass is 16.3. The van der Waals surface area contributed by atoms with Crippen LogP contribution in [0.25, 0.3) is 0 Å². The Morgan fingerprint density at radius 1 is 1.39 bits per heavy atom. The van der Waals surface area contributed by atoms with Gasteiger partial charge in [-0.1, -0.05) is 6.42 Å². The number of rotatable bonds is 5. The SMILES string of the molecule is CC(NC(=O)N1CCC(c2ccnn2CCO)CC1)C1CCC1. The third kappa shape index (κ3) is 3.68. The number of aliphatic hydroxyl groups excluding tert-OH is 1. The van der Waals surface area contributed by atoms with Gasteiger partial charge in [-0.25, -0.2) is 4.79 Å². The first-order chi connectivity index (χ1) is 11.2. The predicted molar refractivity (Wildman–Crippen MR) is 88.2 cm³/mol. The van der Waals surface area contributed by atoms with Gasteiger partial charge >= 0.3 is 6.03 Å². The Labute approximate surface area is 137 Å². The topological polar surface area (TPSA) is 70.4 Å². The molecule has 6 nitrogen and oxygen atoms in total. The average molecular weight is 320 g/mol. The molecule has 1 saturated carbocycles. The van der Waals surface area contributed by atoms with E-state index in [9.17, 15) is 4.79 Å². The highest BCUT2D eigenvalue weighted by molar-refractivity contribution is 5.74. The van der Waals surface area contributed by atoms with Gasteiger partial charge in [0.05, 0.1) is 13.2 Å². The van der Waals surface area contributed by atoms with Gasteiger partial charge in [0.15, 0.2) is 0 Å². The third-order valence-corrected chi connectivity index (χ3v) is 5.47. The van der Waals surface area contributed by atoms with Crippen LogP contribution in [0.1, 0.15) is 50.6 Å². The van der Waals surface area contributed by atoms with Gasteiger partial charge in [0, 0.05) is 36.9 Å². The maximum Gasteiger partial charge on any atom is 0.317 e. The molecule has 3 rings (SSSR count). The summed E-state index contributed by atoms with van der Waals surface area (Å²) < 4.78 is 1.89. The summed E-state index contributed by atoms with van der Waals surface area (Å²) in [6, 6.07) is 2.42. The maximum absolute atomic E-state index is 12.4. The lowest BCUT2D eigenvalue weighted by Gasteiger charge is -2.36. The number of hydrogen-bond acceptors (Lipinski definition) is 3. The quantitative estimate of drug-likeness (QED) is 0.871. The van der Waals surface area contributed by atoms with Gasteiger partial charge in [-0.2, -0.15) is 5.10 Å². The minimum absolute atomic E-state index is 0.0896. The smallest absolute Gasteiger partial charge is 0.317 e. The predicted octanol–water partition coefficient (Wildman–Crippen LogP) is 1.95. The molecule has 2 aliphatic rings. The minimum atomic E-state index is 0.0896. The zero-order chi connectivity index (χ0) is 16.2. The van der Waals surface area contributed by atoms with Gasteiger partial charge in [-0.15, -0.1) is 0 Å². The molecule has 0 bridgehead atoms. The summed E-state index contributed by atoms with van der Waals surface area (Å²) in [6.45, 7) is 4.36. The number of nitrogens with one attached hydrogen (secondary N) is 1. The molecule has 23 heavy (non-hydrogen) atoms. The standard InChI is InChI=1S/C17H28N4O2/c1-13(14-3-2-4-14)19-17(23)20-9-6-15(7-10-20)16-5-8-18-21(16)11-12-22/h5,8,13-15,22H,2-4,6-7,9-12H2,1H3,(H,19,23). The Bertz CT molecular complexity index is 518. The van der Waals surface area contributed by atoms with Crippen molar-refractivity contribution in [2.45, 2.75) is 57.5 Å². The summed E-state index contributed by atoms with van der Waals surface area (Å²) in [5, 5.41) is 16.6. The number of amides is 2. The molecule has 1 aliphatic carbocycles. The molecule has 1 atom stereocenters. The lowest BCUT2D eigenvalue weighted by molar-refractivity contribution is 0.164. The second-order valence-corrected chi connectivity index (χ2v) is 6.89. The minimum Gasteiger partial charge on any atom is -0.394 e. The average Bonchev–Trinajstić information content (AvgIpc) is 2.94. The third-order valence-electron chi connectivity index (χ3n) is 5.47. The largest absolute Gasteiger partial charge is 0.394 e. The number of urea groups is 1. The molecule has 0 aromatic carbocycles. The summed E-state index contributed by atoms with van der Waals surface area (Å²) in [4.78, 5) is 14.3. The Morgan fingerprint density at radius 2 is 2.13 bits per heavy atom. The first kappa shape index (κ1) is 16.3. The summed E-state index contributed by atoms with van der Waals surface area (Å²) in [5.41, 5.74) is 1.18. The normalized spacial score (nSPS) is 21.0. The molecule has 1 aromatic heterocycles. The number of likely N-dealkylation sites (tertiary alicyclic amines) is 1. The molecule has 1 saturated heterocycles. The van der Waals surface area contributed by atoms with Gasteiger partial charge in [-0.3, -0.25) is 4.68 Å². The molecule has 1 aliphatic heterocycles. The van der Waals surface area contributed by atoms with Crippen LogP contribution in [0.15, 0.2) is 12.3 Å². The van der Waals surface area contributed by atoms with E-state index in [1.165, 1.54) is 25.0 Å². The van der Waals surface area contributed by atoms with Gasteiger partial charge in [-0.05, 0) is 44.6 Å². The van der Waals surface area contributed by atoms with Crippen LogP contribution < -0.4 is 5.32 Å². The van der Waals surface area contributed by atoms with E-state index in [-0.39, 0.29) is 12.6 Å². The number of hydrogen-bond donors (Lipinski definition) is 2. The lowest BCUT2D eigenvalue weighted by Crippen LogP contribution is -2.49. The van der Waals surface area contributed by atoms with Crippen molar-refractivity contribution in [2.75, 3.05) is 19.7 Å². The van der Waals surface area contributed by atoms with Crippen molar-refractivity contribution in [1.82, 2.24) is 20.0 Å².